The molecule has 0 heterocycles. The molecule has 0 aliphatic heterocycles. The molecule has 0 bridgehead atoms. The highest BCUT2D eigenvalue weighted by atomic mass is 32.2. The van der Waals surface area contributed by atoms with E-state index in [4.69, 9.17) is 5.26 Å². The van der Waals surface area contributed by atoms with E-state index in [1.54, 1.807) is 45.0 Å². The van der Waals surface area contributed by atoms with E-state index in [1.165, 1.54) is 16.4 Å². The molecule has 0 fully saturated rings. The van der Waals surface area contributed by atoms with Crippen LogP contribution in [0.5, 0.6) is 0 Å². The van der Waals surface area contributed by atoms with Crippen LogP contribution in [0.25, 0.3) is 0 Å². The number of benzene rings is 2. The number of nitro groups is 1. The van der Waals surface area contributed by atoms with Crippen LogP contribution in [0.3, 0.4) is 0 Å². The van der Waals surface area contributed by atoms with E-state index in [1.807, 2.05) is 6.07 Å². The van der Waals surface area contributed by atoms with Gasteiger partial charge in [0.15, 0.2) is 0 Å². The number of nitrogens with one attached hydrogen (secondary N) is 1. The smallest absolute Gasteiger partial charge is 0.271 e. The van der Waals surface area contributed by atoms with Gasteiger partial charge in [-0.3, -0.25) is 15.5 Å². The SMILES string of the molecule is CCN(CC)S(=O)(=O)c1ccc(NN=C(C)c2ccc(C#N)cc2)c([N+](=O)[O-])c1. The van der Waals surface area contributed by atoms with Gasteiger partial charge in [-0.15, -0.1) is 0 Å². The molecule has 1 N–H and O–H groups in total. The predicted molar refractivity (Wildman–Crippen MR) is 110 cm³/mol. The predicted octanol–water partition coefficient (Wildman–Crippen LogP) is 3.33. The average molecular weight is 415 g/mol. The normalized spacial score (nSPS) is 11.9. The molecule has 2 aromatic carbocycles. The Balaban J connectivity index is 2.36. The van der Waals surface area contributed by atoms with Gasteiger partial charge in [-0.2, -0.15) is 14.7 Å². The van der Waals surface area contributed by atoms with Gasteiger partial charge in [0.25, 0.3) is 5.69 Å². The highest BCUT2D eigenvalue weighted by Gasteiger charge is 2.25. The van der Waals surface area contributed by atoms with Gasteiger partial charge < -0.3 is 0 Å². The maximum Gasteiger partial charge on any atom is 0.295 e. The fourth-order valence-corrected chi connectivity index (χ4v) is 4.10. The van der Waals surface area contributed by atoms with E-state index in [-0.39, 0.29) is 23.7 Å². The molecule has 152 valence electrons. The third-order valence-electron chi connectivity index (χ3n) is 4.28. The second-order valence-corrected chi connectivity index (χ2v) is 7.96. The van der Waals surface area contributed by atoms with Crippen LogP contribution in [0, 0.1) is 21.4 Å². The Kier molecular flexibility index (Phi) is 7.03. The van der Waals surface area contributed by atoms with Crippen LogP contribution in [-0.4, -0.2) is 36.4 Å². The molecule has 29 heavy (non-hydrogen) atoms. The Morgan fingerprint density at radius 2 is 1.83 bits per heavy atom. The first-order valence-electron chi connectivity index (χ1n) is 8.84. The maximum absolute atomic E-state index is 12.6. The number of nitrogens with zero attached hydrogens (tertiary/aromatic N) is 4. The lowest BCUT2D eigenvalue weighted by molar-refractivity contribution is -0.384. The van der Waals surface area contributed by atoms with Crippen molar-refractivity contribution < 1.29 is 13.3 Å². The zero-order valence-electron chi connectivity index (χ0n) is 16.3. The van der Waals surface area contributed by atoms with Crippen LogP contribution in [0.4, 0.5) is 11.4 Å². The molecule has 0 atom stereocenters. The second kappa shape index (κ2) is 9.27. The Morgan fingerprint density at radius 3 is 2.34 bits per heavy atom. The molecule has 2 aromatic rings. The average Bonchev–Trinajstić information content (AvgIpc) is 2.72. The quantitative estimate of drug-likeness (QED) is 0.400. The van der Waals surface area contributed by atoms with Crippen molar-refractivity contribution in [3.8, 4) is 6.07 Å². The monoisotopic (exact) mass is 415 g/mol. The van der Waals surface area contributed by atoms with E-state index in [2.05, 4.69) is 10.5 Å². The van der Waals surface area contributed by atoms with Crippen molar-refractivity contribution in [3.05, 3.63) is 63.7 Å². The molecule has 0 unspecified atom stereocenters. The lowest BCUT2D eigenvalue weighted by Crippen LogP contribution is -2.30. The highest BCUT2D eigenvalue weighted by Crippen LogP contribution is 2.29. The molecule has 0 spiro atoms. The van der Waals surface area contributed by atoms with Crippen LogP contribution >= 0.6 is 0 Å². The zero-order chi connectivity index (χ0) is 21.6. The Labute approximate surface area is 169 Å². The topological polar surface area (TPSA) is 129 Å². The van der Waals surface area contributed by atoms with Crippen molar-refractivity contribution in [3.63, 3.8) is 0 Å². The first-order valence-corrected chi connectivity index (χ1v) is 10.3. The number of hydrazone groups is 1. The van der Waals surface area contributed by atoms with E-state index in [9.17, 15) is 18.5 Å². The van der Waals surface area contributed by atoms with E-state index >= 15 is 0 Å². The summed E-state index contributed by atoms with van der Waals surface area (Å²) in [5.41, 5.74) is 4.10. The summed E-state index contributed by atoms with van der Waals surface area (Å²) in [7, 11) is -3.82. The first-order chi connectivity index (χ1) is 13.7. The second-order valence-electron chi connectivity index (χ2n) is 6.02. The molecule has 10 heteroatoms. The number of hydrogen-bond acceptors (Lipinski definition) is 7. The molecule has 0 saturated heterocycles. The molecular weight excluding hydrogens is 394 g/mol. The Hall–Kier alpha value is -3.29. The van der Waals surface area contributed by atoms with Crippen LogP contribution in [0.2, 0.25) is 0 Å². The van der Waals surface area contributed by atoms with Crippen LogP contribution in [0.1, 0.15) is 31.9 Å². The van der Waals surface area contributed by atoms with Crippen LogP contribution < -0.4 is 5.43 Å². The van der Waals surface area contributed by atoms with Gasteiger partial charge in [0.1, 0.15) is 5.69 Å². The molecule has 0 aliphatic rings. The fourth-order valence-electron chi connectivity index (χ4n) is 2.62. The highest BCUT2D eigenvalue weighted by molar-refractivity contribution is 7.89. The van der Waals surface area contributed by atoms with Gasteiger partial charge in [-0.25, -0.2) is 8.42 Å². The summed E-state index contributed by atoms with van der Waals surface area (Å²) in [4.78, 5) is 10.7. The number of nitriles is 1. The third kappa shape index (κ3) is 4.96. The van der Waals surface area contributed by atoms with Gasteiger partial charge >= 0.3 is 0 Å². The summed E-state index contributed by atoms with van der Waals surface area (Å²) in [6.07, 6.45) is 0. The largest absolute Gasteiger partial charge is 0.295 e. The molecule has 2 rings (SSSR count). The Bertz CT molecular complexity index is 1070. The number of nitro benzene ring substituents is 1. The lowest BCUT2D eigenvalue weighted by atomic mass is 10.1. The van der Waals surface area contributed by atoms with Crippen molar-refractivity contribution in [2.24, 2.45) is 5.10 Å². The van der Waals surface area contributed by atoms with Crippen molar-refractivity contribution in [2.75, 3.05) is 18.5 Å². The van der Waals surface area contributed by atoms with E-state index in [0.717, 1.165) is 11.6 Å². The number of sulfonamides is 1. The van der Waals surface area contributed by atoms with E-state index < -0.39 is 20.6 Å². The van der Waals surface area contributed by atoms with Crippen LogP contribution in [0.15, 0.2) is 52.5 Å². The summed E-state index contributed by atoms with van der Waals surface area (Å²) in [6, 6.07) is 12.4. The van der Waals surface area contributed by atoms with Crippen molar-refractivity contribution in [2.45, 2.75) is 25.7 Å². The molecule has 0 saturated carbocycles. The molecule has 0 aromatic heterocycles. The number of rotatable bonds is 8. The molecule has 9 nitrogen and oxygen atoms in total. The zero-order valence-corrected chi connectivity index (χ0v) is 17.1. The van der Waals surface area contributed by atoms with Gasteiger partial charge in [0.05, 0.1) is 27.2 Å². The van der Waals surface area contributed by atoms with Gasteiger partial charge in [-0.05, 0) is 36.8 Å². The number of anilines is 1. The van der Waals surface area contributed by atoms with Gasteiger partial charge in [0.2, 0.25) is 10.0 Å². The number of hydrogen-bond donors (Lipinski definition) is 1. The summed E-state index contributed by atoms with van der Waals surface area (Å²) >= 11 is 0. The first kappa shape index (κ1) is 22.0. The summed E-state index contributed by atoms with van der Waals surface area (Å²) in [6.45, 7) is 5.64. The molecule has 0 aliphatic carbocycles. The summed E-state index contributed by atoms with van der Waals surface area (Å²) in [5.74, 6) is 0. The minimum absolute atomic E-state index is 0.0708. The molecular formula is C19H21N5O4S. The standard InChI is InChI=1S/C19H21N5O4S/c1-4-23(5-2)29(27,28)17-10-11-18(19(12-17)24(25)26)22-21-14(3)16-8-6-15(13-20)7-9-16/h6-12,22H,4-5H2,1-3H3. The van der Waals surface area contributed by atoms with Crippen molar-refractivity contribution in [1.29, 1.82) is 5.26 Å². The lowest BCUT2D eigenvalue weighted by Gasteiger charge is -2.18. The minimum Gasteiger partial charge on any atom is -0.271 e. The van der Waals surface area contributed by atoms with Crippen LogP contribution in [-0.2, 0) is 10.0 Å². The van der Waals surface area contributed by atoms with Crippen molar-refractivity contribution >= 4 is 27.1 Å². The maximum atomic E-state index is 12.6. The van der Waals surface area contributed by atoms with E-state index in [0.29, 0.717) is 11.3 Å². The fraction of sp³-hybridized carbons (Fsp3) is 0.263. The summed E-state index contributed by atoms with van der Waals surface area (Å²) < 4.78 is 26.5. The van der Waals surface area contributed by atoms with Gasteiger partial charge in [-0.1, -0.05) is 26.0 Å². The molecule has 0 amide bonds. The minimum atomic E-state index is -3.82. The van der Waals surface area contributed by atoms with Gasteiger partial charge in [0, 0.05) is 19.2 Å². The Morgan fingerprint density at radius 1 is 1.21 bits per heavy atom. The summed E-state index contributed by atoms with van der Waals surface area (Å²) in [5, 5.41) is 24.5. The van der Waals surface area contributed by atoms with Crippen molar-refractivity contribution in [1.82, 2.24) is 4.31 Å². The molecule has 0 radical (unpaired) electrons. The third-order valence-corrected chi connectivity index (χ3v) is 6.33.